The second-order valence-corrected chi connectivity index (χ2v) is 5.87. The number of rotatable bonds is 0. The third kappa shape index (κ3) is 1.43. The first-order valence-corrected chi connectivity index (χ1v) is 6.18. The molecule has 0 saturated carbocycles. The Bertz CT molecular complexity index is 552. The van der Waals surface area contributed by atoms with E-state index in [1.807, 2.05) is 18.2 Å². The lowest BCUT2D eigenvalue weighted by Crippen LogP contribution is -2.28. The van der Waals surface area contributed by atoms with Crippen LogP contribution in [0, 0.1) is 11.3 Å². The number of benzene rings is 1. The lowest BCUT2D eigenvalue weighted by Gasteiger charge is -2.28. The van der Waals surface area contributed by atoms with Gasteiger partial charge in [0, 0.05) is 16.7 Å². The largest absolute Gasteiger partial charge is 0.284 e. The second-order valence-electron chi connectivity index (χ2n) is 5.87. The van der Waals surface area contributed by atoms with E-state index < -0.39 is 0 Å². The summed E-state index contributed by atoms with van der Waals surface area (Å²) in [5.41, 5.74) is 4.55. The second kappa shape index (κ2) is 3.22. The fraction of sp³-hybridized carbons (Fsp3) is 0.400. The smallest absolute Gasteiger partial charge is 0.265 e. The van der Waals surface area contributed by atoms with E-state index in [-0.39, 0.29) is 5.41 Å². The number of fused-ring (bicyclic) bond motifs is 3. The summed E-state index contributed by atoms with van der Waals surface area (Å²) < 4.78 is 1.38. The van der Waals surface area contributed by atoms with Gasteiger partial charge in [0.25, 0.3) is 5.69 Å². The Morgan fingerprint density at radius 2 is 2.00 bits per heavy atom. The molecule has 88 valence electrons. The van der Waals surface area contributed by atoms with Crippen LogP contribution in [-0.4, -0.2) is 15.7 Å². The minimum atomic E-state index is 0.205. The number of allylic oxidation sites excluding steroid dienone is 2. The average molecular weight is 228 g/mol. The van der Waals surface area contributed by atoms with Crippen LogP contribution in [0.15, 0.2) is 30.3 Å². The SMILES string of the molecule is C[C@@H]1CC(C)(C)C=C2C1=[N+](O)c1ccccc12. The molecule has 2 heteroatoms. The normalized spacial score (nSPS) is 25.4. The third-order valence-corrected chi connectivity index (χ3v) is 3.76. The fourth-order valence-corrected chi connectivity index (χ4v) is 3.23. The van der Waals surface area contributed by atoms with Gasteiger partial charge in [0.2, 0.25) is 5.71 Å². The zero-order chi connectivity index (χ0) is 12.2. The summed E-state index contributed by atoms with van der Waals surface area (Å²) in [6, 6.07) is 8.06. The van der Waals surface area contributed by atoms with Crippen molar-refractivity contribution in [3.63, 3.8) is 0 Å². The van der Waals surface area contributed by atoms with Gasteiger partial charge in [-0.15, -0.1) is 0 Å². The maximum Gasteiger partial charge on any atom is 0.265 e. The number of para-hydroxylation sites is 1. The van der Waals surface area contributed by atoms with Crippen molar-refractivity contribution in [1.29, 1.82) is 0 Å². The molecule has 0 fully saturated rings. The quantitative estimate of drug-likeness (QED) is 0.532. The Kier molecular flexibility index (Phi) is 2.00. The van der Waals surface area contributed by atoms with Crippen molar-refractivity contribution < 1.29 is 9.95 Å². The zero-order valence-electron chi connectivity index (χ0n) is 10.6. The summed E-state index contributed by atoms with van der Waals surface area (Å²) >= 11 is 0. The summed E-state index contributed by atoms with van der Waals surface area (Å²) in [6.07, 6.45) is 3.38. The van der Waals surface area contributed by atoms with E-state index in [4.69, 9.17) is 0 Å². The fourth-order valence-electron chi connectivity index (χ4n) is 3.23. The molecule has 1 aromatic carbocycles. The molecule has 17 heavy (non-hydrogen) atoms. The van der Waals surface area contributed by atoms with Gasteiger partial charge < -0.3 is 0 Å². The van der Waals surface area contributed by atoms with Crippen molar-refractivity contribution in [2.24, 2.45) is 11.3 Å². The number of hydrogen-bond acceptors (Lipinski definition) is 1. The average Bonchev–Trinajstić information content (AvgIpc) is 2.52. The molecule has 0 aromatic heterocycles. The third-order valence-electron chi connectivity index (χ3n) is 3.76. The Morgan fingerprint density at radius 1 is 1.29 bits per heavy atom. The van der Waals surface area contributed by atoms with Crippen molar-refractivity contribution in [2.75, 3.05) is 0 Å². The van der Waals surface area contributed by atoms with Crippen molar-refractivity contribution in [3.8, 4) is 0 Å². The summed E-state index contributed by atoms with van der Waals surface area (Å²) in [4.78, 5) is 0. The maximum atomic E-state index is 10.3. The molecule has 0 amide bonds. The van der Waals surface area contributed by atoms with E-state index in [0.29, 0.717) is 5.92 Å². The predicted molar refractivity (Wildman–Crippen MR) is 68.7 cm³/mol. The highest BCUT2D eigenvalue weighted by Gasteiger charge is 2.44. The van der Waals surface area contributed by atoms with Crippen molar-refractivity contribution in [3.05, 3.63) is 35.9 Å². The summed E-state index contributed by atoms with van der Waals surface area (Å²) in [5, 5.41) is 10.3. The first kappa shape index (κ1) is 10.6. The van der Waals surface area contributed by atoms with Gasteiger partial charge in [-0.05, 0) is 17.9 Å². The van der Waals surface area contributed by atoms with Crippen LogP contribution in [0.4, 0.5) is 5.69 Å². The van der Waals surface area contributed by atoms with Crippen LogP contribution in [0.5, 0.6) is 0 Å². The van der Waals surface area contributed by atoms with Gasteiger partial charge in [-0.1, -0.05) is 39.0 Å². The van der Waals surface area contributed by atoms with Gasteiger partial charge >= 0.3 is 0 Å². The molecule has 1 N–H and O–H groups in total. The van der Waals surface area contributed by atoms with Gasteiger partial charge in [0.15, 0.2) is 0 Å². The van der Waals surface area contributed by atoms with Crippen LogP contribution >= 0.6 is 0 Å². The summed E-state index contributed by atoms with van der Waals surface area (Å²) in [7, 11) is 0. The molecule has 2 aliphatic rings. The van der Waals surface area contributed by atoms with Crippen LogP contribution < -0.4 is 0 Å². The highest BCUT2D eigenvalue weighted by Crippen LogP contribution is 2.44. The Morgan fingerprint density at radius 3 is 2.76 bits per heavy atom. The van der Waals surface area contributed by atoms with Crippen LogP contribution in [-0.2, 0) is 0 Å². The molecular weight excluding hydrogens is 210 g/mol. The van der Waals surface area contributed by atoms with Crippen LogP contribution in [0.3, 0.4) is 0 Å². The Labute approximate surface area is 102 Å². The summed E-state index contributed by atoms with van der Waals surface area (Å²) in [6.45, 7) is 6.71. The molecule has 2 nitrogen and oxygen atoms in total. The molecule has 1 aliphatic carbocycles. The molecule has 1 aromatic rings. The molecule has 1 heterocycles. The lowest BCUT2D eigenvalue weighted by atomic mass is 9.73. The topological polar surface area (TPSA) is 23.2 Å². The zero-order valence-corrected chi connectivity index (χ0v) is 10.6. The van der Waals surface area contributed by atoms with Gasteiger partial charge in [-0.2, -0.15) is 0 Å². The molecular formula is C15H18NO+. The molecule has 0 unspecified atom stereocenters. The Balaban J connectivity index is 2.28. The van der Waals surface area contributed by atoms with E-state index in [0.717, 1.165) is 23.4 Å². The lowest BCUT2D eigenvalue weighted by molar-refractivity contribution is -0.711. The highest BCUT2D eigenvalue weighted by atomic mass is 16.5. The molecule has 0 saturated heterocycles. The molecule has 1 aliphatic heterocycles. The van der Waals surface area contributed by atoms with E-state index >= 15 is 0 Å². The maximum absolute atomic E-state index is 10.3. The van der Waals surface area contributed by atoms with Crippen LogP contribution in [0.1, 0.15) is 32.8 Å². The van der Waals surface area contributed by atoms with Gasteiger partial charge in [-0.3, -0.25) is 5.21 Å². The van der Waals surface area contributed by atoms with Crippen molar-refractivity contribution in [1.82, 2.24) is 0 Å². The van der Waals surface area contributed by atoms with Gasteiger partial charge in [-0.25, -0.2) is 0 Å². The first-order valence-electron chi connectivity index (χ1n) is 6.18. The van der Waals surface area contributed by atoms with Crippen LogP contribution in [0.2, 0.25) is 0 Å². The molecule has 1 atom stereocenters. The van der Waals surface area contributed by atoms with Gasteiger partial charge in [0.1, 0.15) is 0 Å². The number of hydrogen-bond donors (Lipinski definition) is 1. The molecule has 0 bridgehead atoms. The van der Waals surface area contributed by atoms with E-state index in [9.17, 15) is 5.21 Å². The molecule has 0 radical (unpaired) electrons. The predicted octanol–water partition coefficient (Wildman–Crippen LogP) is 3.62. The van der Waals surface area contributed by atoms with Crippen molar-refractivity contribution in [2.45, 2.75) is 27.2 Å². The standard InChI is InChI=1S/C15H18NO/c1-10-8-15(2,3)9-12-11-6-4-5-7-13(11)16(17)14(10)12/h4-7,9-10,17H,8H2,1-3H3/q+1/t10-/m1/s1. The number of nitrogens with zero attached hydrogens (tertiary/aromatic N) is 1. The van der Waals surface area contributed by atoms with E-state index in [1.165, 1.54) is 10.3 Å². The minimum Gasteiger partial charge on any atom is -0.284 e. The molecule has 3 rings (SSSR count). The van der Waals surface area contributed by atoms with E-state index in [1.54, 1.807) is 0 Å². The monoisotopic (exact) mass is 228 g/mol. The van der Waals surface area contributed by atoms with Crippen LogP contribution in [0.25, 0.3) is 5.57 Å². The first-order chi connectivity index (χ1) is 7.99. The Hall–Kier alpha value is -1.57. The van der Waals surface area contributed by atoms with Crippen molar-refractivity contribution >= 4 is 17.0 Å². The van der Waals surface area contributed by atoms with E-state index in [2.05, 4.69) is 32.9 Å². The summed E-state index contributed by atoms with van der Waals surface area (Å²) in [5.74, 6) is 0.391. The minimum absolute atomic E-state index is 0.205. The molecule has 0 spiro atoms. The highest BCUT2D eigenvalue weighted by molar-refractivity contribution is 6.26. The van der Waals surface area contributed by atoms with Gasteiger partial charge in [0.05, 0.1) is 11.1 Å².